The van der Waals surface area contributed by atoms with Crippen molar-refractivity contribution in [3.05, 3.63) is 30.1 Å². The SMILES string of the molecule is CC(C)CCN1C(=O)CC[C@@]2(C(=O)NCCc3ccccn3)CCCC[C@H]12. The number of amides is 2. The number of nitrogens with one attached hydrogen (secondary N) is 1. The number of likely N-dealkylation sites (tertiary alicyclic amines) is 1. The molecule has 3 rings (SSSR count). The lowest BCUT2D eigenvalue weighted by Crippen LogP contribution is -2.62. The summed E-state index contributed by atoms with van der Waals surface area (Å²) in [5.41, 5.74) is 0.598. The Hall–Kier alpha value is -1.91. The summed E-state index contributed by atoms with van der Waals surface area (Å²) in [6.07, 6.45) is 8.77. The number of nitrogens with zero attached hydrogens (tertiary/aromatic N) is 2. The fraction of sp³-hybridized carbons (Fsp3) is 0.682. The Kier molecular flexibility index (Phi) is 6.51. The quantitative estimate of drug-likeness (QED) is 0.800. The molecule has 0 bridgehead atoms. The molecule has 1 saturated carbocycles. The smallest absolute Gasteiger partial charge is 0.228 e. The van der Waals surface area contributed by atoms with Crippen LogP contribution in [-0.2, 0) is 16.0 Å². The fourth-order valence-corrected chi connectivity index (χ4v) is 4.70. The highest BCUT2D eigenvalue weighted by molar-refractivity contribution is 5.88. The van der Waals surface area contributed by atoms with E-state index in [-0.39, 0.29) is 17.9 Å². The number of hydrogen-bond acceptors (Lipinski definition) is 3. The molecule has 2 fully saturated rings. The van der Waals surface area contributed by atoms with Gasteiger partial charge in [-0.1, -0.05) is 32.8 Å². The number of carbonyl (C=O) groups excluding carboxylic acids is 2. The minimum atomic E-state index is -0.396. The van der Waals surface area contributed by atoms with Crippen LogP contribution in [0.15, 0.2) is 24.4 Å². The van der Waals surface area contributed by atoms with E-state index in [1.807, 2.05) is 23.1 Å². The standard InChI is InChI=1S/C22H33N3O2/c1-17(2)11-16-25-19-8-3-5-12-22(19,13-9-20(25)26)21(27)24-15-10-18-7-4-6-14-23-18/h4,6-7,14,17,19H,3,5,8-13,15-16H2,1-2H3,(H,24,27)/t19-,22-/m0/s1. The molecule has 2 amide bonds. The summed E-state index contributed by atoms with van der Waals surface area (Å²) in [5, 5.41) is 3.17. The third-order valence-electron chi connectivity index (χ3n) is 6.26. The van der Waals surface area contributed by atoms with Crippen LogP contribution in [0.4, 0.5) is 0 Å². The van der Waals surface area contributed by atoms with Crippen molar-refractivity contribution in [2.45, 2.75) is 71.3 Å². The summed E-state index contributed by atoms with van der Waals surface area (Å²) in [6.45, 7) is 5.76. The fourth-order valence-electron chi connectivity index (χ4n) is 4.70. The van der Waals surface area contributed by atoms with Crippen LogP contribution in [0.3, 0.4) is 0 Å². The van der Waals surface area contributed by atoms with Crippen LogP contribution in [0.5, 0.6) is 0 Å². The molecule has 5 nitrogen and oxygen atoms in total. The van der Waals surface area contributed by atoms with Gasteiger partial charge in [-0.15, -0.1) is 0 Å². The van der Waals surface area contributed by atoms with Crippen molar-refractivity contribution in [3.63, 3.8) is 0 Å². The molecule has 0 spiro atoms. The van der Waals surface area contributed by atoms with Crippen molar-refractivity contribution in [1.29, 1.82) is 0 Å². The van der Waals surface area contributed by atoms with Crippen molar-refractivity contribution >= 4 is 11.8 Å². The average Bonchev–Trinajstić information content (AvgIpc) is 2.68. The van der Waals surface area contributed by atoms with Gasteiger partial charge < -0.3 is 10.2 Å². The summed E-state index contributed by atoms with van der Waals surface area (Å²) in [5.74, 6) is 0.939. The highest BCUT2D eigenvalue weighted by Crippen LogP contribution is 2.46. The zero-order valence-corrected chi connectivity index (χ0v) is 16.7. The number of pyridine rings is 1. The molecule has 1 aromatic rings. The first kappa shape index (κ1) is 19.8. The third-order valence-corrected chi connectivity index (χ3v) is 6.26. The largest absolute Gasteiger partial charge is 0.355 e. The lowest BCUT2D eigenvalue weighted by atomic mass is 9.64. The zero-order valence-electron chi connectivity index (χ0n) is 16.7. The normalized spacial score (nSPS) is 25.4. The molecule has 148 valence electrons. The van der Waals surface area contributed by atoms with Crippen LogP contribution < -0.4 is 5.32 Å². The Morgan fingerprint density at radius 1 is 1.33 bits per heavy atom. The second-order valence-electron chi connectivity index (χ2n) is 8.51. The minimum absolute atomic E-state index is 0.0705. The molecule has 5 heteroatoms. The van der Waals surface area contributed by atoms with Gasteiger partial charge in [0.25, 0.3) is 0 Å². The van der Waals surface area contributed by atoms with E-state index in [2.05, 4.69) is 24.1 Å². The molecular formula is C22H33N3O2. The van der Waals surface area contributed by atoms with Crippen molar-refractivity contribution in [1.82, 2.24) is 15.2 Å². The maximum absolute atomic E-state index is 13.3. The van der Waals surface area contributed by atoms with Gasteiger partial charge in [0.2, 0.25) is 11.8 Å². The first-order chi connectivity index (χ1) is 13.0. The molecule has 27 heavy (non-hydrogen) atoms. The van der Waals surface area contributed by atoms with Crippen LogP contribution in [-0.4, -0.2) is 40.8 Å². The molecule has 2 heterocycles. The first-order valence-electron chi connectivity index (χ1n) is 10.5. The monoisotopic (exact) mass is 371 g/mol. The number of fused-ring (bicyclic) bond motifs is 1. The summed E-state index contributed by atoms with van der Waals surface area (Å²) < 4.78 is 0. The van der Waals surface area contributed by atoms with E-state index in [4.69, 9.17) is 0 Å². The summed E-state index contributed by atoms with van der Waals surface area (Å²) in [7, 11) is 0. The van der Waals surface area contributed by atoms with Crippen LogP contribution >= 0.6 is 0 Å². The Bertz CT molecular complexity index is 646. The zero-order chi connectivity index (χ0) is 19.3. The predicted molar refractivity (Wildman–Crippen MR) is 106 cm³/mol. The maximum Gasteiger partial charge on any atom is 0.228 e. The van der Waals surface area contributed by atoms with Crippen molar-refractivity contribution in [2.24, 2.45) is 11.3 Å². The van der Waals surface area contributed by atoms with Gasteiger partial charge in [-0.05, 0) is 43.7 Å². The van der Waals surface area contributed by atoms with Gasteiger partial charge >= 0.3 is 0 Å². The van der Waals surface area contributed by atoms with E-state index in [0.717, 1.165) is 50.8 Å². The topological polar surface area (TPSA) is 62.3 Å². The summed E-state index contributed by atoms with van der Waals surface area (Å²) >= 11 is 0. The van der Waals surface area contributed by atoms with Gasteiger partial charge in [0.05, 0.1) is 5.41 Å². The molecule has 0 aromatic carbocycles. The number of aromatic nitrogens is 1. The number of piperidine rings is 1. The minimum Gasteiger partial charge on any atom is -0.355 e. The van der Waals surface area contributed by atoms with Crippen LogP contribution in [0.25, 0.3) is 0 Å². The molecule has 2 aliphatic rings. The van der Waals surface area contributed by atoms with E-state index < -0.39 is 5.41 Å². The summed E-state index contributed by atoms with van der Waals surface area (Å²) in [6, 6.07) is 5.93. The number of carbonyl (C=O) groups is 2. The lowest BCUT2D eigenvalue weighted by molar-refractivity contribution is -0.155. The van der Waals surface area contributed by atoms with E-state index >= 15 is 0 Å². The highest BCUT2D eigenvalue weighted by atomic mass is 16.2. The van der Waals surface area contributed by atoms with Gasteiger partial charge in [0.1, 0.15) is 0 Å². The Balaban J connectivity index is 1.68. The third kappa shape index (κ3) is 4.50. The Morgan fingerprint density at radius 2 is 2.19 bits per heavy atom. The van der Waals surface area contributed by atoms with E-state index in [1.165, 1.54) is 0 Å². The second-order valence-corrected chi connectivity index (χ2v) is 8.51. The number of hydrogen-bond donors (Lipinski definition) is 1. The molecule has 0 unspecified atom stereocenters. The molecule has 1 aromatic heterocycles. The molecule has 1 aliphatic heterocycles. The van der Waals surface area contributed by atoms with Gasteiger partial charge in [-0.25, -0.2) is 0 Å². The molecule has 1 aliphatic carbocycles. The van der Waals surface area contributed by atoms with Gasteiger partial charge in [-0.3, -0.25) is 14.6 Å². The highest BCUT2D eigenvalue weighted by Gasteiger charge is 2.52. The molecule has 2 atom stereocenters. The van der Waals surface area contributed by atoms with Crippen molar-refractivity contribution < 1.29 is 9.59 Å². The van der Waals surface area contributed by atoms with E-state index in [9.17, 15) is 9.59 Å². The molecule has 1 N–H and O–H groups in total. The van der Waals surface area contributed by atoms with Crippen molar-refractivity contribution in [2.75, 3.05) is 13.1 Å². The van der Waals surface area contributed by atoms with Crippen LogP contribution in [0, 0.1) is 11.3 Å². The first-order valence-corrected chi connectivity index (χ1v) is 10.5. The van der Waals surface area contributed by atoms with E-state index in [1.54, 1.807) is 6.20 Å². The maximum atomic E-state index is 13.3. The number of rotatable bonds is 7. The van der Waals surface area contributed by atoms with Gasteiger partial charge in [-0.2, -0.15) is 0 Å². The Labute approximate surface area is 162 Å². The average molecular weight is 372 g/mol. The molecule has 1 saturated heterocycles. The van der Waals surface area contributed by atoms with E-state index in [0.29, 0.717) is 25.3 Å². The predicted octanol–water partition coefficient (Wildman–Crippen LogP) is 3.34. The Morgan fingerprint density at radius 3 is 2.93 bits per heavy atom. The van der Waals surface area contributed by atoms with Gasteiger partial charge in [0.15, 0.2) is 0 Å². The second kappa shape index (κ2) is 8.85. The van der Waals surface area contributed by atoms with Crippen molar-refractivity contribution in [3.8, 4) is 0 Å². The summed E-state index contributed by atoms with van der Waals surface area (Å²) in [4.78, 5) is 32.2. The lowest BCUT2D eigenvalue weighted by Gasteiger charge is -2.51. The van der Waals surface area contributed by atoms with Crippen LogP contribution in [0.1, 0.15) is 64.5 Å². The van der Waals surface area contributed by atoms with Gasteiger partial charge in [0, 0.05) is 43.9 Å². The molecular weight excluding hydrogens is 338 g/mol. The van der Waals surface area contributed by atoms with Crippen LogP contribution in [0.2, 0.25) is 0 Å². The molecule has 0 radical (unpaired) electrons.